The number of nitrogens with one attached hydrogen (secondary N) is 3. The first-order valence-electron chi connectivity index (χ1n) is 8.11. The molecule has 0 fully saturated rings. The molecule has 0 unspecified atom stereocenters. The van der Waals surface area contributed by atoms with Gasteiger partial charge in [-0.25, -0.2) is 4.98 Å². The van der Waals surface area contributed by atoms with Crippen molar-refractivity contribution in [2.75, 3.05) is 11.9 Å². The van der Waals surface area contributed by atoms with Crippen LogP contribution in [0.4, 0.5) is 5.69 Å². The highest BCUT2D eigenvalue weighted by atomic mass is 16.5. The number of ether oxygens (including phenoxy) is 1. The van der Waals surface area contributed by atoms with Crippen LogP contribution in [0.2, 0.25) is 0 Å². The van der Waals surface area contributed by atoms with Crippen molar-refractivity contribution < 1.29 is 4.74 Å². The maximum atomic E-state index is 7.61. The van der Waals surface area contributed by atoms with Gasteiger partial charge in [0.25, 0.3) is 0 Å². The number of hydrogen-bond donors (Lipinski definition) is 4. The van der Waals surface area contributed by atoms with E-state index < -0.39 is 0 Å². The van der Waals surface area contributed by atoms with Gasteiger partial charge in [-0.05, 0) is 24.6 Å². The molecule has 1 aromatic heterocycles. The van der Waals surface area contributed by atoms with Crippen LogP contribution < -0.4 is 15.8 Å². The van der Waals surface area contributed by atoms with Crippen molar-refractivity contribution >= 4 is 11.5 Å². The number of hydrogen-bond acceptors (Lipinski definition) is 4. The minimum absolute atomic E-state index is 0.00598. The molecule has 0 radical (unpaired) electrons. The molecule has 0 spiro atoms. The third-order valence-corrected chi connectivity index (χ3v) is 3.74. The van der Waals surface area contributed by atoms with Crippen molar-refractivity contribution in [3.63, 3.8) is 0 Å². The predicted octanol–water partition coefficient (Wildman–Crippen LogP) is 3.37. The fraction of sp³-hybridized carbons (Fsp3) is 0.158. The Labute approximate surface area is 146 Å². The number of nitrogens with two attached hydrogens (primary N) is 1. The number of amidine groups is 1. The zero-order chi connectivity index (χ0) is 17.6. The number of nitrogen functional groups attached to an aromatic ring is 1. The van der Waals surface area contributed by atoms with E-state index in [-0.39, 0.29) is 5.84 Å². The molecule has 0 bridgehead atoms. The van der Waals surface area contributed by atoms with E-state index in [1.807, 2.05) is 55.6 Å². The fourth-order valence-electron chi connectivity index (χ4n) is 2.53. The number of anilines is 1. The molecule has 2 aromatic carbocycles. The molecule has 3 aromatic rings. The van der Waals surface area contributed by atoms with Crippen molar-refractivity contribution in [3.05, 3.63) is 66.1 Å². The largest absolute Gasteiger partial charge is 0.493 e. The van der Waals surface area contributed by atoms with Gasteiger partial charge in [0.2, 0.25) is 0 Å². The summed E-state index contributed by atoms with van der Waals surface area (Å²) in [6, 6.07) is 15.6. The lowest BCUT2D eigenvalue weighted by atomic mass is 10.1. The van der Waals surface area contributed by atoms with Crippen LogP contribution in [-0.2, 0) is 6.54 Å². The number of H-pyrrole nitrogens is 1. The molecule has 0 aliphatic rings. The Hall–Kier alpha value is -3.28. The molecule has 0 aliphatic carbocycles. The third kappa shape index (κ3) is 3.98. The van der Waals surface area contributed by atoms with Crippen molar-refractivity contribution in [2.45, 2.75) is 13.5 Å². The van der Waals surface area contributed by atoms with Gasteiger partial charge in [0.1, 0.15) is 17.4 Å². The monoisotopic (exact) mass is 335 g/mol. The molecular weight excluding hydrogens is 314 g/mol. The number of aromatic nitrogens is 2. The molecule has 1 heterocycles. The first-order valence-corrected chi connectivity index (χ1v) is 8.11. The van der Waals surface area contributed by atoms with Crippen LogP contribution in [0.3, 0.4) is 0 Å². The van der Waals surface area contributed by atoms with Gasteiger partial charge in [-0.2, -0.15) is 0 Å². The van der Waals surface area contributed by atoms with E-state index in [9.17, 15) is 0 Å². The van der Waals surface area contributed by atoms with Gasteiger partial charge < -0.3 is 20.8 Å². The SMILES string of the molecule is CCOc1cc(NCc2ncc(-c3ccccc3)[nH]2)ccc1C(=N)N. The minimum Gasteiger partial charge on any atom is -0.493 e. The number of imidazole rings is 1. The third-order valence-electron chi connectivity index (χ3n) is 3.74. The van der Waals surface area contributed by atoms with Crippen molar-refractivity contribution in [3.8, 4) is 17.0 Å². The summed E-state index contributed by atoms with van der Waals surface area (Å²) in [5.41, 5.74) is 9.15. The van der Waals surface area contributed by atoms with Crippen LogP contribution in [-0.4, -0.2) is 22.4 Å². The minimum atomic E-state index is -0.00598. The van der Waals surface area contributed by atoms with Crippen LogP contribution in [0.5, 0.6) is 5.75 Å². The quantitative estimate of drug-likeness (QED) is 0.393. The summed E-state index contributed by atoms with van der Waals surface area (Å²) in [5.74, 6) is 1.44. The second-order valence-electron chi connectivity index (χ2n) is 5.52. The molecule has 25 heavy (non-hydrogen) atoms. The van der Waals surface area contributed by atoms with E-state index in [4.69, 9.17) is 15.9 Å². The number of benzene rings is 2. The van der Waals surface area contributed by atoms with Crippen molar-refractivity contribution in [1.29, 1.82) is 5.41 Å². The Morgan fingerprint density at radius 1 is 1.24 bits per heavy atom. The van der Waals surface area contributed by atoms with Crippen LogP contribution in [0.25, 0.3) is 11.3 Å². The average molecular weight is 335 g/mol. The molecule has 3 rings (SSSR count). The lowest BCUT2D eigenvalue weighted by molar-refractivity contribution is 0.339. The molecule has 0 saturated carbocycles. The zero-order valence-corrected chi connectivity index (χ0v) is 14.0. The predicted molar refractivity (Wildman–Crippen MR) is 100.0 cm³/mol. The van der Waals surface area contributed by atoms with Gasteiger partial charge in [0.05, 0.1) is 30.6 Å². The first-order chi connectivity index (χ1) is 12.2. The van der Waals surface area contributed by atoms with Gasteiger partial charge in [-0.3, -0.25) is 5.41 Å². The van der Waals surface area contributed by atoms with Crippen molar-refractivity contribution in [1.82, 2.24) is 9.97 Å². The summed E-state index contributed by atoms with van der Waals surface area (Å²) in [7, 11) is 0. The van der Waals surface area contributed by atoms with Gasteiger partial charge in [0.15, 0.2) is 0 Å². The van der Waals surface area contributed by atoms with E-state index in [0.717, 1.165) is 22.8 Å². The highest BCUT2D eigenvalue weighted by Crippen LogP contribution is 2.24. The van der Waals surface area contributed by atoms with E-state index in [1.165, 1.54) is 0 Å². The Bertz CT molecular complexity index is 857. The van der Waals surface area contributed by atoms with Crippen molar-refractivity contribution in [2.24, 2.45) is 5.73 Å². The standard InChI is InChI=1S/C19H21N5O/c1-2-25-17-10-14(8-9-15(17)19(20)21)22-12-18-23-11-16(24-18)13-6-4-3-5-7-13/h3-11,22H,2,12H2,1H3,(H3,20,21)(H,23,24). The van der Waals surface area contributed by atoms with Gasteiger partial charge in [-0.15, -0.1) is 0 Å². The maximum Gasteiger partial charge on any atom is 0.132 e. The van der Waals surface area contributed by atoms with Crippen LogP contribution in [0.15, 0.2) is 54.7 Å². The molecule has 6 heteroatoms. The molecule has 0 amide bonds. The Balaban J connectivity index is 1.70. The van der Waals surface area contributed by atoms with E-state index >= 15 is 0 Å². The molecular formula is C19H21N5O. The summed E-state index contributed by atoms with van der Waals surface area (Å²) >= 11 is 0. The van der Waals surface area contributed by atoms with Crippen LogP contribution in [0, 0.1) is 5.41 Å². The highest BCUT2D eigenvalue weighted by Gasteiger charge is 2.08. The van der Waals surface area contributed by atoms with E-state index in [1.54, 1.807) is 6.07 Å². The topological polar surface area (TPSA) is 99.8 Å². The van der Waals surface area contributed by atoms with Crippen LogP contribution in [0.1, 0.15) is 18.3 Å². The second kappa shape index (κ2) is 7.53. The lowest BCUT2D eigenvalue weighted by Crippen LogP contribution is -2.13. The fourth-order valence-corrected chi connectivity index (χ4v) is 2.53. The number of aromatic amines is 1. The Kier molecular flexibility index (Phi) is 4.99. The Morgan fingerprint density at radius 3 is 2.76 bits per heavy atom. The highest BCUT2D eigenvalue weighted by molar-refractivity contribution is 5.98. The number of nitrogens with zero attached hydrogens (tertiary/aromatic N) is 1. The number of rotatable bonds is 7. The summed E-state index contributed by atoms with van der Waals surface area (Å²) in [4.78, 5) is 7.72. The normalized spacial score (nSPS) is 10.4. The Morgan fingerprint density at radius 2 is 2.04 bits per heavy atom. The van der Waals surface area contributed by atoms with Crippen LogP contribution >= 0.6 is 0 Å². The molecule has 0 atom stereocenters. The summed E-state index contributed by atoms with van der Waals surface area (Å²) in [6.07, 6.45) is 1.83. The zero-order valence-electron chi connectivity index (χ0n) is 14.0. The molecule has 0 saturated heterocycles. The van der Waals surface area contributed by atoms with E-state index in [0.29, 0.717) is 24.5 Å². The summed E-state index contributed by atoms with van der Waals surface area (Å²) in [6.45, 7) is 2.97. The van der Waals surface area contributed by atoms with Gasteiger partial charge >= 0.3 is 0 Å². The lowest BCUT2D eigenvalue weighted by Gasteiger charge is -2.12. The second-order valence-corrected chi connectivity index (χ2v) is 5.52. The maximum absolute atomic E-state index is 7.61. The molecule has 6 nitrogen and oxygen atoms in total. The molecule has 0 aliphatic heterocycles. The first kappa shape index (κ1) is 16.6. The van der Waals surface area contributed by atoms with E-state index in [2.05, 4.69) is 15.3 Å². The summed E-state index contributed by atoms with van der Waals surface area (Å²) < 4.78 is 5.57. The average Bonchev–Trinajstić information content (AvgIpc) is 3.10. The smallest absolute Gasteiger partial charge is 0.132 e. The molecule has 5 N–H and O–H groups in total. The summed E-state index contributed by atoms with van der Waals surface area (Å²) in [5, 5.41) is 10.9. The van der Waals surface area contributed by atoms with Gasteiger partial charge in [0, 0.05) is 11.8 Å². The molecule has 128 valence electrons. The van der Waals surface area contributed by atoms with Gasteiger partial charge in [-0.1, -0.05) is 30.3 Å².